The van der Waals surface area contributed by atoms with Gasteiger partial charge in [-0.1, -0.05) is 12.1 Å². The molecule has 0 radical (unpaired) electrons. The summed E-state index contributed by atoms with van der Waals surface area (Å²) in [5, 5.41) is 6.29. The highest BCUT2D eigenvalue weighted by atomic mass is 127. The molecule has 1 rings (SSSR count). The molecule has 0 heterocycles. The first-order valence-corrected chi connectivity index (χ1v) is 9.65. The number of hydrogen-bond acceptors (Lipinski definition) is 3. The number of hydrogen-bond donors (Lipinski definition) is 3. The fourth-order valence-corrected chi connectivity index (χ4v) is 2.65. The van der Waals surface area contributed by atoms with Crippen LogP contribution in [-0.2, 0) is 10.0 Å². The molecule has 9 heteroatoms. The van der Waals surface area contributed by atoms with Crippen molar-refractivity contribution in [1.29, 1.82) is 0 Å². The summed E-state index contributed by atoms with van der Waals surface area (Å²) in [5.41, 5.74) is 1.44. The van der Waals surface area contributed by atoms with Crippen LogP contribution < -0.4 is 15.4 Å². The van der Waals surface area contributed by atoms with Gasteiger partial charge in [0, 0.05) is 20.1 Å². The molecule has 0 amide bonds. The number of benzene rings is 1. The number of sulfonamides is 1. The minimum absolute atomic E-state index is 0. The minimum Gasteiger partial charge on any atom is -0.356 e. The van der Waals surface area contributed by atoms with E-state index >= 15 is 0 Å². The summed E-state index contributed by atoms with van der Waals surface area (Å²) < 4.78 is 38.8. The van der Waals surface area contributed by atoms with E-state index in [2.05, 4.69) is 20.3 Å². The van der Waals surface area contributed by atoms with Crippen molar-refractivity contribution in [2.24, 2.45) is 4.99 Å². The lowest BCUT2D eigenvalue weighted by molar-refractivity contribution is 0.579. The van der Waals surface area contributed by atoms with E-state index in [1.165, 1.54) is 6.07 Å². The number of aliphatic imine (C=N–C) groups is 1. The fraction of sp³-hybridized carbons (Fsp3) is 0.562. The summed E-state index contributed by atoms with van der Waals surface area (Å²) in [6.07, 6.45) is 0.632. The van der Waals surface area contributed by atoms with Gasteiger partial charge in [-0.3, -0.25) is 4.99 Å². The van der Waals surface area contributed by atoms with Crippen LogP contribution >= 0.6 is 24.0 Å². The summed E-state index contributed by atoms with van der Waals surface area (Å²) in [6.45, 7) is 6.19. The van der Waals surface area contributed by atoms with Gasteiger partial charge in [-0.2, -0.15) is 0 Å². The summed E-state index contributed by atoms with van der Waals surface area (Å²) in [7, 11) is -1.50. The number of nitrogens with one attached hydrogen (secondary N) is 3. The van der Waals surface area contributed by atoms with Crippen molar-refractivity contribution < 1.29 is 12.8 Å². The molecular weight excluding hydrogens is 458 g/mol. The normalized spacial score (nSPS) is 13.1. The number of guanidine groups is 1. The third kappa shape index (κ3) is 8.82. The van der Waals surface area contributed by atoms with Crippen LogP contribution in [0.25, 0.3) is 0 Å². The number of halogens is 2. The lowest BCUT2D eigenvalue weighted by Gasteiger charge is -2.18. The highest BCUT2D eigenvalue weighted by Crippen LogP contribution is 2.16. The van der Waals surface area contributed by atoms with E-state index in [9.17, 15) is 12.8 Å². The van der Waals surface area contributed by atoms with Gasteiger partial charge in [-0.25, -0.2) is 17.5 Å². The average molecular weight is 486 g/mol. The maximum Gasteiger partial charge on any atom is 0.211 e. The van der Waals surface area contributed by atoms with Crippen molar-refractivity contribution in [1.82, 2.24) is 15.4 Å². The summed E-state index contributed by atoms with van der Waals surface area (Å²) in [5.74, 6) is 0.433. The Morgan fingerprint density at radius 1 is 1.32 bits per heavy atom. The molecule has 0 bridgehead atoms. The average Bonchev–Trinajstić information content (AvgIpc) is 2.55. The van der Waals surface area contributed by atoms with Crippen molar-refractivity contribution in [2.75, 3.05) is 25.9 Å². The van der Waals surface area contributed by atoms with Gasteiger partial charge in [-0.05, 0) is 44.4 Å². The highest BCUT2D eigenvalue weighted by molar-refractivity contribution is 14.0. The molecule has 0 aliphatic rings. The Morgan fingerprint density at radius 3 is 2.56 bits per heavy atom. The van der Waals surface area contributed by atoms with Gasteiger partial charge in [0.15, 0.2) is 5.96 Å². The predicted octanol–water partition coefficient (Wildman–Crippen LogP) is 2.31. The quantitative estimate of drug-likeness (QED) is 0.228. The van der Waals surface area contributed by atoms with Crippen LogP contribution in [-0.4, -0.2) is 40.3 Å². The monoisotopic (exact) mass is 486 g/mol. The second-order valence-electron chi connectivity index (χ2n) is 5.52. The molecular formula is C16H28FIN4O2S. The van der Waals surface area contributed by atoms with Crippen molar-refractivity contribution in [2.45, 2.75) is 33.2 Å². The molecule has 0 aliphatic heterocycles. The topological polar surface area (TPSA) is 82.6 Å². The second kappa shape index (κ2) is 11.6. The molecule has 0 spiro atoms. The molecule has 1 aromatic rings. The van der Waals surface area contributed by atoms with Gasteiger partial charge in [0.2, 0.25) is 10.0 Å². The van der Waals surface area contributed by atoms with E-state index in [1.54, 1.807) is 27.0 Å². The van der Waals surface area contributed by atoms with Crippen molar-refractivity contribution >= 4 is 40.0 Å². The van der Waals surface area contributed by atoms with Crippen LogP contribution in [0.3, 0.4) is 0 Å². The first-order valence-electron chi connectivity index (χ1n) is 7.99. The zero-order valence-electron chi connectivity index (χ0n) is 15.1. The zero-order valence-corrected chi connectivity index (χ0v) is 18.2. The van der Waals surface area contributed by atoms with Gasteiger partial charge in [0.25, 0.3) is 0 Å². The van der Waals surface area contributed by atoms with Crippen LogP contribution in [0.1, 0.15) is 37.4 Å². The smallest absolute Gasteiger partial charge is 0.211 e. The van der Waals surface area contributed by atoms with E-state index in [1.807, 2.05) is 13.0 Å². The molecule has 1 aromatic carbocycles. The molecule has 144 valence electrons. The Kier molecular flexibility index (Phi) is 11.2. The standard InChI is InChI=1S/C16H27FN4O2S.HI/c1-5-24(22,23)20-10-6-9-19-16(18-4)21-13(3)14-8-7-12(2)15(17)11-14;/h7-8,11,13,20H,5-6,9-10H2,1-4H3,(H2,18,19,21);1H. The summed E-state index contributed by atoms with van der Waals surface area (Å²) in [4.78, 5) is 4.12. The van der Waals surface area contributed by atoms with E-state index in [0.717, 1.165) is 5.56 Å². The summed E-state index contributed by atoms with van der Waals surface area (Å²) in [6, 6.07) is 5.03. The molecule has 6 nitrogen and oxygen atoms in total. The van der Waals surface area contributed by atoms with Crippen LogP contribution in [0, 0.1) is 12.7 Å². The van der Waals surface area contributed by atoms with Gasteiger partial charge in [-0.15, -0.1) is 24.0 Å². The molecule has 0 saturated heterocycles. The summed E-state index contributed by atoms with van der Waals surface area (Å²) >= 11 is 0. The van der Waals surface area contributed by atoms with E-state index < -0.39 is 10.0 Å². The number of nitrogens with zero attached hydrogens (tertiary/aromatic N) is 1. The van der Waals surface area contributed by atoms with Gasteiger partial charge < -0.3 is 10.6 Å². The van der Waals surface area contributed by atoms with Gasteiger partial charge in [0.1, 0.15) is 5.82 Å². The molecule has 0 saturated carbocycles. The Hall–Kier alpha value is -0.940. The molecule has 0 aromatic heterocycles. The van der Waals surface area contributed by atoms with Gasteiger partial charge >= 0.3 is 0 Å². The van der Waals surface area contributed by atoms with Crippen molar-refractivity contribution in [3.63, 3.8) is 0 Å². The molecule has 1 unspecified atom stereocenters. The molecule has 1 atom stereocenters. The highest BCUT2D eigenvalue weighted by Gasteiger charge is 2.10. The lowest BCUT2D eigenvalue weighted by Crippen LogP contribution is -2.40. The maximum absolute atomic E-state index is 13.6. The molecule has 0 aliphatic carbocycles. The maximum atomic E-state index is 13.6. The second-order valence-corrected chi connectivity index (χ2v) is 7.62. The Labute approximate surface area is 167 Å². The Bertz CT molecular complexity index is 668. The lowest BCUT2D eigenvalue weighted by atomic mass is 10.1. The SMILES string of the molecule is CCS(=O)(=O)NCCCNC(=NC)NC(C)c1ccc(C)c(F)c1.I. The van der Waals surface area contributed by atoms with E-state index in [0.29, 0.717) is 31.0 Å². The van der Waals surface area contributed by atoms with Crippen molar-refractivity contribution in [3.05, 3.63) is 35.1 Å². The Morgan fingerprint density at radius 2 is 2.00 bits per heavy atom. The third-order valence-corrected chi connectivity index (χ3v) is 5.02. The molecule has 3 N–H and O–H groups in total. The van der Waals surface area contributed by atoms with Crippen LogP contribution in [0.4, 0.5) is 4.39 Å². The first-order chi connectivity index (χ1) is 11.3. The zero-order chi connectivity index (χ0) is 18.2. The number of aryl methyl sites for hydroxylation is 1. The van der Waals surface area contributed by atoms with E-state index in [4.69, 9.17) is 0 Å². The largest absolute Gasteiger partial charge is 0.356 e. The van der Waals surface area contributed by atoms with Crippen LogP contribution in [0.2, 0.25) is 0 Å². The van der Waals surface area contributed by atoms with Crippen LogP contribution in [0.15, 0.2) is 23.2 Å². The van der Waals surface area contributed by atoms with E-state index in [-0.39, 0.29) is 41.6 Å². The predicted molar refractivity (Wildman–Crippen MR) is 112 cm³/mol. The first kappa shape index (κ1) is 24.1. The number of rotatable bonds is 8. The minimum atomic E-state index is -3.15. The third-order valence-electron chi connectivity index (χ3n) is 3.62. The Balaban J connectivity index is 0.00000576. The van der Waals surface area contributed by atoms with Crippen molar-refractivity contribution in [3.8, 4) is 0 Å². The van der Waals surface area contributed by atoms with Gasteiger partial charge in [0.05, 0.1) is 11.8 Å². The molecule has 0 fully saturated rings. The van der Waals surface area contributed by atoms with Crippen LogP contribution in [0.5, 0.6) is 0 Å². The molecule has 25 heavy (non-hydrogen) atoms. The fourth-order valence-electron chi connectivity index (χ4n) is 1.99.